The third-order valence-electron chi connectivity index (χ3n) is 4.07. The normalized spacial score (nSPS) is 21.6. The summed E-state index contributed by atoms with van der Waals surface area (Å²) in [5, 5.41) is 4.47. The summed E-state index contributed by atoms with van der Waals surface area (Å²) in [6.45, 7) is 0. The van der Waals surface area contributed by atoms with Gasteiger partial charge in [-0.15, -0.1) is 0 Å². The highest BCUT2D eigenvalue weighted by Crippen LogP contribution is 2.26. The van der Waals surface area contributed by atoms with Gasteiger partial charge < -0.3 is 15.8 Å². The average molecular weight is 301 g/mol. The van der Waals surface area contributed by atoms with Crippen LogP contribution in [0.4, 0.5) is 5.82 Å². The SMILES string of the molecule is COC1CCCC1Nc1cc(C(N)=S)c2ccccc2n1. The Morgan fingerprint density at radius 3 is 2.95 bits per heavy atom. The Morgan fingerprint density at radius 1 is 1.38 bits per heavy atom. The van der Waals surface area contributed by atoms with Gasteiger partial charge in [-0.2, -0.15) is 0 Å². The fourth-order valence-electron chi connectivity index (χ4n) is 3.02. The molecule has 2 unspecified atom stereocenters. The quantitative estimate of drug-likeness (QED) is 0.850. The van der Waals surface area contributed by atoms with Crippen LogP contribution in [0.2, 0.25) is 0 Å². The Labute approximate surface area is 129 Å². The molecule has 110 valence electrons. The van der Waals surface area contributed by atoms with E-state index in [1.54, 1.807) is 7.11 Å². The van der Waals surface area contributed by atoms with Gasteiger partial charge in [-0.3, -0.25) is 0 Å². The van der Waals surface area contributed by atoms with E-state index in [2.05, 4.69) is 10.3 Å². The number of hydrogen-bond donors (Lipinski definition) is 2. The number of methoxy groups -OCH3 is 1. The van der Waals surface area contributed by atoms with Gasteiger partial charge in [0.05, 0.1) is 17.7 Å². The van der Waals surface area contributed by atoms with Crippen molar-refractivity contribution in [2.45, 2.75) is 31.4 Å². The lowest BCUT2D eigenvalue weighted by molar-refractivity contribution is 0.101. The van der Waals surface area contributed by atoms with Crippen molar-refractivity contribution >= 4 is 33.9 Å². The molecule has 0 radical (unpaired) electrons. The zero-order valence-electron chi connectivity index (χ0n) is 12.0. The molecular formula is C16H19N3OS. The maximum atomic E-state index is 5.86. The Kier molecular flexibility index (Phi) is 4.03. The zero-order chi connectivity index (χ0) is 14.8. The molecule has 0 aliphatic heterocycles. The number of ether oxygens (including phenoxy) is 1. The van der Waals surface area contributed by atoms with Crippen molar-refractivity contribution in [3.63, 3.8) is 0 Å². The summed E-state index contributed by atoms with van der Waals surface area (Å²) in [5.74, 6) is 0.811. The molecule has 3 rings (SSSR count). The van der Waals surface area contributed by atoms with Gasteiger partial charge in [0, 0.05) is 18.1 Å². The summed E-state index contributed by atoms with van der Waals surface area (Å²) >= 11 is 5.18. The number of anilines is 1. The predicted octanol–water partition coefficient (Wildman–Crippen LogP) is 2.85. The Hall–Kier alpha value is -1.72. The molecule has 1 aliphatic carbocycles. The number of para-hydroxylation sites is 1. The second-order valence-corrected chi connectivity index (χ2v) is 5.83. The minimum absolute atomic E-state index is 0.242. The number of nitrogens with two attached hydrogens (primary N) is 1. The van der Waals surface area contributed by atoms with Crippen molar-refractivity contribution in [2.24, 2.45) is 5.73 Å². The first-order valence-electron chi connectivity index (χ1n) is 7.18. The Balaban J connectivity index is 1.97. The first-order valence-corrected chi connectivity index (χ1v) is 7.59. The lowest BCUT2D eigenvalue weighted by Gasteiger charge is -2.21. The molecule has 0 saturated heterocycles. The molecule has 0 bridgehead atoms. The van der Waals surface area contributed by atoms with Gasteiger partial charge in [-0.1, -0.05) is 30.4 Å². The molecule has 1 aliphatic rings. The molecule has 2 aromatic rings. The summed E-state index contributed by atoms with van der Waals surface area (Å²) < 4.78 is 5.52. The van der Waals surface area contributed by atoms with Crippen LogP contribution in [0.25, 0.3) is 10.9 Å². The predicted molar refractivity (Wildman–Crippen MR) is 89.7 cm³/mol. The first-order chi connectivity index (χ1) is 10.2. The first kappa shape index (κ1) is 14.2. The van der Waals surface area contributed by atoms with Gasteiger partial charge in [-0.05, 0) is 31.4 Å². The summed E-state index contributed by atoms with van der Waals surface area (Å²) in [6.07, 6.45) is 3.59. The second kappa shape index (κ2) is 5.95. The van der Waals surface area contributed by atoms with Crippen LogP contribution in [0.1, 0.15) is 24.8 Å². The van der Waals surface area contributed by atoms with Crippen molar-refractivity contribution in [1.82, 2.24) is 4.98 Å². The number of fused-ring (bicyclic) bond motifs is 1. The highest BCUT2D eigenvalue weighted by molar-refractivity contribution is 7.80. The molecule has 1 aromatic carbocycles. The van der Waals surface area contributed by atoms with Gasteiger partial charge in [0.15, 0.2) is 0 Å². The minimum atomic E-state index is 0.242. The second-order valence-electron chi connectivity index (χ2n) is 5.39. The van der Waals surface area contributed by atoms with Crippen molar-refractivity contribution in [2.75, 3.05) is 12.4 Å². The molecule has 21 heavy (non-hydrogen) atoms. The monoisotopic (exact) mass is 301 g/mol. The summed E-state index contributed by atoms with van der Waals surface area (Å²) in [5.41, 5.74) is 7.63. The summed E-state index contributed by atoms with van der Waals surface area (Å²) in [4.78, 5) is 5.06. The molecule has 1 saturated carbocycles. The number of rotatable bonds is 4. The largest absolute Gasteiger partial charge is 0.389 e. The molecule has 0 amide bonds. The summed E-state index contributed by atoms with van der Waals surface area (Å²) in [7, 11) is 1.76. The van der Waals surface area contributed by atoms with Crippen LogP contribution in [0.5, 0.6) is 0 Å². The van der Waals surface area contributed by atoms with E-state index in [0.29, 0.717) is 11.0 Å². The van der Waals surface area contributed by atoms with Crippen LogP contribution in [0.15, 0.2) is 30.3 Å². The third kappa shape index (κ3) is 2.84. The fraction of sp³-hybridized carbons (Fsp3) is 0.375. The number of pyridine rings is 1. The summed E-state index contributed by atoms with van der Waals surface area (Å²) in [6, 6.07) is 10.1. The maximum Gasteiger partial charge on any atom is 0.127 e. The van der Waals surface area contributed by atoms with Gasteiger partial charge >= 0.3 is 0 Å². The third-order valence-corrected chi connectivity index (χ3v) is 4.29. The van der Waals surface area contributed by atoms with Gasteiger partial charge in [0.25, 0.3) is 0 Å². The molecule has 2 atom stereocenters. The van der Waals surface area contributed by atoms with E-state index < -0.39 is 0 Å². The van der Waals surface area contributed by atoms with Crippen molar-refractivity contribution in [3.8, 4) is 0 Å². The standard InChI is InChI=1S/C16H19N3OS/c1-20-14-8-4-7-13(14)19-15-9-11(16(17)21)10-5-2-3-6-12(10)18-15/h2-3,5-6,9,13-14H,4,7-8H2,1H3,(H2,17,21)(H,18,19). The molecule has 1 aromatic heterocycles. The number of aromatic nitrogens is 1. The van der Waals surface area contributed by atoms with Gasteiger partial charge in [0.2, 0.25) is 0 Å². The van der Waals surface area contributed by atoms with E-state index in [1.165, 1.54) is 6.42 Å². The highest BCUT2D eigenvalue weighted by atomic mass is 32.1. The van der Waals surface area contributed by atoms with Gasteiger partial charge in [-0.25, -0.2) is 4.98 Å². The number of nitrogens with one attached hydrogen (secondary N) is 1. The van der Waals surface area contributed by atoms with E-state index in [-0.39, 0.29) is 6.10 Å². The lowest BCUT2D eigenvalue weighted by Crippen LogP contribution is -2.30. The van der Waals surface area contributed by atoms with Crippen molar-refractivity contribution < 1.29 is 4.74 Å². The van der Waals surface area contributed by atoms with Crippen LogP contribution < -0.4 is 11.1 Å². The molecule has 1 heterocycles. The fourth-order valence-corrected chi connectivity index (χ4v) is 3.19. The maximum absolute atomic E-state index is 5.86. The highest BCUT2D eigenvalue weighted by Gasteiger charge is 2.27. The van der Waals surface area contributed by atoms with E-state index >= 15 is 0 Å². The molecule has 1 fully saturated rings. The van der Waals surface area contributed by atoms with Crippen LogP contribution in [-0.4, -0.2) is 29.2 Å². The van der Waals surface area contributed by atoms with Gasteiger partial charge in [0.1, 0.15) is 10.8 Å². The van der Waals surface area contributed by atoms with E-state index in [1.807, 2.05) is 30.3 Å². The van der Waals surface area contributed by atoms with E-state index in [9.17, 15) is 0 Å². The molecule has 0 spiro atoms. The zero-order valence-corrected chi connectivity index (χ0v) is 12.8. The number of hydrogen-bond acceptors (Lipinski definition) is 4. The minimum Gasteiger partial charge on any atom is -0.389 e. The van der Waals surface area contributed by atoms with E-state index in [4.69, 9.17) is 22.7 Å². The topological polar surface area (TPSA) is 60.2 Å². The molecule has 4 nitrogen and oxygen atoms in total. The lowest BCUT2D eigenvalue weighted by atomic mass is 10.1. The number of thiocarbonyl (C=S) groups is 1. The van der Waals surface area contributed by atoms with Crippen LogP contribution in [0, 0.1) is 0 Å². The number of nitrogens with zero attached hydrogens (tertiary/aromatic N) is 1. The molecule has 5 heteroatoms. The molecule has 3 N–H and O–H groups in total. The van der Waals surface area contributed by atoms with Crippen LogP contribution in [-0.2, 0) is 4.74 Å². The smallest absolute Gasteiger partial charge is 0.127 e. The van der Waals surface area contributed by atoms with Crippen molar-refractivity contribution in [1.29, 1.82) is 0 Å². The van der Waals surface area contributed by atoms with Crippen LogP contribution in [0.3, 0.4) is 0 Å². The number of benzene rings is 1. The van der Waals surface area contributed by atoms with E-state index in [0.717, 1.165) is 35.1 Å². The Bertz CT molecular complexity index is 674. The average Bonchev–Trinajstić information content (AvgIpc) is 2.93. The molecular weight excluding hydrogens is 282 g/mol. The van der Waals surface area contributed by atoms with Crippen LogP contribution >= 0.6 is 12.2 Å². The van der Waals surface area contributed by atoms with Crippen molar-refractivity contribution in [3.05, 3.63) is 35.9 Å². The Morgan fingerprint density at radius 2 is 2.19 bits per heavy atom.